The van der Waals surface area contributed by atoms with Gasteiger partial charge in [0.25, 0.3) is 5.91 Å². The third-order valence-electron chi connectivity index (χ3n) is 3.91. The Kier molecular flexibility index (Phi) is 8.46. The van der Waals surface area contributed by atoms with Crippen LogP contribution in [0.15, 0.2) is 30.3 Å². The number of benzene rings is 1. The van der Waals surface area contributed by atoms with Crippen molar-refractivity contribution in [1.82, 2.24) is 15.5 Å². The standard InChI is InChI=1S/C16H21N3O4.C2H6/c1-17-14(20)12-9-6-10-19(12)15(21)13(18-16(22)23-2)11-7-4-3-5-8-11;1-2/h3-5,7-8,12-13H,6,9-10H2,1-2H3,(H,17,20)(H,18,22);1-2H3. The summed E-state index contributed by atoms with van der Waals surface area (Å²) in [5, 5.41) is 5.13. The summed E-state index contributed by atoms with van der Waals surface area (Å²) in [6.45, 7) is 4.49. The third-order valence-corrected chi connectivity index (χ3v) is 3.91. The number of likely N-dealkylation sites (tertiary alicyclic amines) is 1. The number of amides is 3. The maximum absolute atomic E-state index is 12.9. The molecule has 0 radical (unpaired) electrons. The maximum Gasteiger partial charge on any atom is 0.407 e. The molecule has 25 heavy (non-hydrogen) atoms. The summed E-state index contributed by atoms with van der Waals surface area (Å²) < 4.78 is 4.61. The van der Waals surface area contributed by atoms with Crippen molar-refractivity contribution in [1.29, 1.82) is 0 Å². The Morgan fingerprint density at radius 3 is 2.40 bits per heavy atom. The van der Waals surface area contributed by atoms with Gasteiger partial charge in [0.1, 0.15) is 12.1 Å². The Bertz CT molecular complexity index is 577. The molecule has 1 aromatic rings. The van der Waals surface area contributed by atoms with E-state index in [-0.39, 0.29) is 11.8 Å². The van der Waals surface area contributed by atoms with Gasteiger partial charge in [-0.05, 0) is 18.4 Å². The zero-order chi connectivity index (χ0) is 18.8. The third kappa shape index (κ3) is 5.20. The zero-order valence-electron chi connectivity index (χ0n) is 15.2. The van der Waals surface area contributed by atoms with Crippen LogP contribution in [0.4, 0.5) is 4.79 Å². The predicted octanol–water partition coefficient (Wildman–Crippen LogP) is 1.85. The van der Waals surface area contributed by atoms with Crippen LogP contribution in [0.5, 0.6) is 0 Å². The fourth-order valence-corrected chi connectivity index (χ4v) is 2.75. The molecule has 138 valence electrons. The van der Waals surface area contributed by atoms with Crippen LogP contribution in [0.3, 0.4) is 0 Å². The number of nitrogens with one attached hydrogen (secondary N) is 2. The average molecular weight is 349 g/mol. The number of carbonyl (C=O) groups excluding carboxylic acids is 3. The Balaban J connectivity index is 0.00000151. The minimum Gasteiger partial charge on any atom is -0.453 e. The summed E-state index contributed by atoms with van der Waals surface area (Å²) in [7, 11) is 2.79. The lowest BCUT2D eigenvalue weighted by Gasteiger charge is -2.28. The molecule has 1 fully saturated rings. The van der Waals surface area contributed by atoms with Gasteiger partial charge in [0.15, 0.2) is 0 Å². The number of methoxy groups -OCH3 is 1. The van der Waals surface area contributed by atoms with E-state index in [1.54, 1.807) is 31.3 Å². The van der Waals surface area contributed by atoms with Crippen molar-refractivity contribution < 1.29 is 19.1 Å². The Morgan fingerprint density at radius 2 is 1.84 bits per heavy atom. The number of hydrogen-bond donors (Lipinski definition) is 2. The highest BCUT2D eigenvalue weighted by Crippen LogP contribution is 2.23. The molecule has 1 saturated heterocycles. The number of ether oxygens (including phenoxy) is 1. The van der Waals surface area contributed by atoms with Crippen molar-refractivity contribution in [3.8, 4) is 0 Å². The first kappa shape index (κ1) is 20.5. The van der Waals surface area contributed by atoms with Gasteiger partial charge in [-0.1, -0.05) is 44.2 Å². The van der Waals surface area contributed by atoms with E-state index in [4.69, 9.17) is 0 Å². The molecule has 0 spiro atoms. The van der Waals surface area contributed by atoms with Gasteiger partial charge >= 0.3 is 6.09 Å². The second kappa shape index (κ2) is 10.3. The van der Waals surface area contributed by atoms with E-state index in [1.807, 2.05) is 19.9 Å². The summed E-state index contributed by atoms with van der Waals surface area (Å²) in [5.74, 6) is -0.506. The Morgan fingerprint density at radius 1 is 1.20 bits per heavy atom. The lowest BCUT2D eigenvalue weighted by molar-refractivity contribution is -0.139. The van der Waals surface area contributed by atoms with Gasteiger partial charge in [0, 0.05) is 13.6 Å². The largest absolute Gasteiger partial charge is 0.453 e. The summed E-state index contributed by atoms with van der Waals surface area (Å²) in [6, 6.07) is 7.52. The second-order valence-corrected chi connectivity index (χ2v) is 5.28. The number of hydrogen-bond acceptors (Lipinski definition) is 4. The quantitative estimate of drug-likeness (QED) is 0.868. The molecule has 2 atom stereocenters. The molecule has 0 bridgehead atoms. The van der Waals surface area contributed by atoms with Crippen molar-refractivity contribution in [3.05, 3.63) is 35.9 Å². The molecule has 0 aromatic heterocycles. The lowest BCUT2D eigenvalue weighted by atomic mass is 10.1. The van der Waals surface area contributed by atoms with Crippen LogP contribution >= 0.6 is 0 Å². The predicted molar refractivity (Wildman–Crippen MR) is 94.9 cm³/mol. The van der Waals surface area contributed by atoms with Crippen LogP contribution in [0.2, 0.25) is 0 Å². The Hall–Kier alpha value is -2.57. The smallest absolute Gasteiger partial charge is 0.407 e. The molecule has 3 amide bonds. The fraction of sp³-hybridized carbons (Fsp3) is 0.500. The van der Waals surface area contributed by atoms with Crippen LogP contribution in [-0.2, 0) is 14.3 Å². The number of likely N-dealkylation sites (N-methyl/N-ethyl adjacent to an activating group) is 1. The average Bonchev–Trinajstić information content (AvgIpc) is 3.16. The zero-order valence-corrected chi connectivity index (χ0v) is 15.2. The molecule has 7 heteroatoms. The number of carbonyl (C=O) groups is 3. The van der Waals surface area contributed by atoms with E-state index < -0.39 is 18.2 Å². The van der Waals surface area contributed by atoms with Gasteiger partial charge in [-0.2, -0.15) is 0 Å². The molecule has 1 aliphatic rings. The SMILES string of the molecule is CC.CNC(=O)C1CCCN1C(=O)C(NC(=O)OC)c1ccccc1. The normalized spacial score (nSPS) is 17.0. The molecule has 7 nitrogen and oxygen atoms in total. The fourth-order valence-electron chi connectivity index (χ4n) is 2.75. The van der Waals surface area contributed by atoms with Crippen LogP contribution < -0.4 is 10.6 Å². The van der Waals surface area contributed by atoms with E-state index in [9.17, 15) is 14.4 Å². The van der Waals surface area contributed by atoms with E-state index >= 15 is 0 Å². The van der Waals surface area contributed by atoms with Gasteiger partial charge in [0.05, 0.1) is 7.11 Å². The molecule has 0 saturated carbocycles. The molecule has 0 aliphatic carbocycles. The highest BCUT2D eigenvalue weighted by Gasteiger charge is 2.37. The molecule has 1 aliphatic heterocycles. The summed E-state index contributed by atoms with van der Waals surface area (Å²) in [4.78, 5) is 38.0. The molecule has 2 unspecified atom stereocenters. The van der Waals surface area contributed by atoms with Crippen molar-refractivity contribution in [2.24, 2.45) is 0 Å². The van der Waals surface area contributed by atoms with Gasteiger partial charge in [-0.3, -0.25) is 9.59 Å². The molecular formula is C18H27N3O4. The van der Waals surface area contributed by atoms with Crippen molar-refractivity contribution >= 4 is 17.9 Å². The number of nitrogens with zero attached hydrogens (tertiary/aromatic N) is 1. The maximum atomic E-state index is 12.9. The monoisotopic (exact) mass is 349 g/mol. The molecular weight excluding hydrogens is 322 g/mol. The number of alkyl carbamates (subject to hydrolysis) is 1. The highest BCUT2D eigenvalue weighted by atomic mass is 16.5. The highest BCUT2D eigenvalue weighted by molar-refractivity contribution is 5.92. The minimum absolute atomic E-state index is 0.194. The molecule has 1 heterocycles. The molecule has 2 rings (SSSR count). The van der Waals surface area contributed by atoms with E-state index in [0.29, 0.717) is 18.5 Å². The van der Waals surface area contributed by atoms with Crippen molar-refractivity contribution in [2.45, 2.75) is 38.8 Å². The molecule has 1 aromatic carbocycles. The van der Waals surface area contributed by atoms with Gasteiger partial charge in [0.2, 0.25) is 5.91 Å². The van der Waals surface area contributed by atoms with Crippen LogP contribution in [-0.4, -0.2) is 49.6 Å². The van der Waals surface area contributed by atoms with E-state index in [1.165, 1.54) is 12.0 Å². The van der Waals surface area contributed by atoms with Crippen LogP contribution in [0.25, 0.3) is 0 Å². The Labute approximate surface area is 148 Å². The van der Waals surface area contributed by atoms with Crippen molar-refractivity contribution in [2.75, 3.05) is 20.7 Å². The van der Waals surface area contributed by atoms with E-state index in [2.05, 4.69) is 15.4 Å². The van der Waals surface area contributed by atoms with Crippen LogP contribution in [0.1, 0.15) is 38.3 Å². The first-order chi connectivity index (χ1) is 12.1. The van der Waals surface area contributed by atoms with Crippen LogP contribution in [0, 0.1) is 0 Å². The summed E-state index contributed by atoms with van der Waals surface area (Å²) >= 11 is 0. The first-order valence-corrected chi connectivity index (χ1v) is 8.50. The van der Waals surface area contributed by atoms with Gasteiger partial charge < -0.3 is 20.3 Å². The number of rotatable bonds is 4. The van der Waals surface area contributed by atoms with Gasteiger partial charge in [-0.15, -0.1) is 0 Å². The van der Waals surface area contributed by atoms with Crippen molar-refractivity contribution in [3.63, 3.8) is 0 Å². The second-order valence-electron chi connectivity index (χ2n) is 5.28. The van der Waals surface area contributed by atoms with Gasteiger partial charge in [-0.25, -0.2) is 4.79 Å². The topological polar surface area (TPSA) is 87.7 Å². The van der Waals surface area contributed by atoms with E-state index in [0.717, 1.165) is 6.42 Å². The summed E-state index contributed by atoms with van der Waals surface area (Å²) in [5.41, 5.74) is 0.644. The lowest BCUT2D eigenvalue weighted by Crippen LogP contribution is -2.49. The minimum atomic E-state index is -0.881. The first-order valence-electron chi connectivity index (χ1n) is 8.50. The summed E-state index contributed by atoms with van der Waals surface area (Å²) in [6.07, 6.45) is 0.678. The molecule has 2 N–H and O–H groups in total.